The summed E-state index contributed by atoms with van der Waals surface area (Å²) in [5, 5.41) is 12.0. The number of carbonyl (C=O) groups excluding carboxylic acids is 2. The molecule has 134 valence electrons. The SMILES string of the molecule is COC(=O)C(CC1(CCO)CCC1)[C@@H](C)NC(=O)OC(C)(C)C. The quantitative estimate of drug-likeness (QED) is 0.701. The minimum Gasteiger partial charge on any atom is -0.469 e. The molecule has 0 heterocycles. The van der Waals surface area contributed by atoms with Crippen molar-refractivity contribution < 1.29 is 24.2 Å². The Kier molecular flexibility index (Phi) is 6.86. The zero-order valence-electron chi connectivity index (χ0n) is 15.0. The number of aliphatic hydroxyl groups excluding tert-OH is 1. The Morgan fingerprint density at radius 3 is 2.30 bits per heavy atom. The minimum atomic E-state index is -0.587. The van der Waals surface area contributed by atoms with Crippen LogP contribution in [0.2, 0.25) is 0 Å². The molecule has 0 bridgehead atoms. The van der Waals surface area contributed by atoms with Gasteiger partial charge in [-0.3, -0.25) is 4.79 Å². The van der Waals surface area contributed by atoms with Crippen molar-refractivity contribution in [1.29, 1.82) is 0 Å². The van der Waals surface area contributed by atoms with E-state index in [0.29, 0.717) is 12.8 Å². The van der Waals surface area contributed by atoms with Crippen LogP contribution in [-0.4, -0.2) is 42.5 Å². The highest BCUT2D eigenvalue weighted by Crippen LogP contribution is 2.49. The second kappa shape index (κ2) is 7.99. The molecule has 0 aromatic heterocycles. The first-order chi connectivity index (χ1) is 10.6. The van der Waals surface area contributed by atoms with Crippen LogP contribution in [0.1, 0.15) is 59.8 Å². The summed E-state index contributed by atoms with van der Waals surface area (Å²) in [6.45, 7) is 7.28. The molecule has 0 spiro atoms. The van der Waals surface area contributed by atoms with E-state index >= 15 is 0 Å². The van der Waals surface area contributed by atoms with Gasteiger partial charge in [-0.25, -0.2) is 4.79 Å². The summed E-state index contributed by atoms with van der Waals surface area (Å²) in [6, 6.07) is -0.395. The lowest BCUT2D eigenvalue weighted by Crippen LogP contribution is -2.47. The molecule has 0 radical (unpaired) electrons. The number of alkyl carbamates (subject to hydrolysis) is 1. The number of aliphatic hydroxyl groups is 1. The van der Waals surface area contributed by atoms with Crippen LogP contribution in [0, 0.1) is 11.3 Å². The van der Waals surface area contributed by atoms with Gasteiger partial charge in [-0.2, -0.15) is 0 Å². The molecule has 1 aliphatic carbocycles. The van der Waals surface area contributed by atoms with Crippen molar-refractivity contribution in [1.82, 2.24) is 5.32 Å². The number of methoxy groups -OCH3 is 1. The van der Waals surface area contributed by atoms with Crippen LogP contribution in [0.15, 0.2) is 0 Å². The second-order valence-corrected chi connectivity index (χ2v) is 7.60. The van der Waals surface area contributed by atoms with Crippen LogP contribution in [-0.2, 0) is 14.3 Å². The number of amides is 1. The normalized spacial score (nSPS) is 19.2. The van der Waals surface area contributed by atoms with E-state index in [1.807, 2.05) is 0 Å². The average molecular weight is 329 g/mol. The number of hydrogen-bond acceptors (Lipinski definition) is 5. The maximum Gasteiger partial charge on any atom is 0.407 e. The van der Waals surface area contributed by atoms with Gasteiger partial charge in [-0.05, 0) is 58.8 Å². The number of hydrogen-bond donors (Lipinski definition) is 2. The van der Waals surface area contributed by atoms with Crippen LogP contribution in [0.25, 0.3) is 0 Å². The molecule has 2 N–H and O–H groups in total. The first kappa shape index (κ1) is 19.7. The van der Waals surface area contributed by atoms with Crippen LogP contribution in [0.5, 0.6) is 0 Å². The first-order valence-corrected chi connectivity index (χ1v) is 8.31. The maximum atomic E-state index is 12.2. The van der Waals surface area contributed by atoms with Gasteiger partial charge < -0.3 is 19.9 Å². The Morgan fingerprint density at radius 1 is 1.30 bits per heavy atom. The van der Waals surface area contributed by atoms with Crippen LogP contribution >= 0.6 is 0 Å². The van der Waals surface area contributed by atoms with E-state index in [4.69, 9.17) is 9.47 Å². The first-order valence-electron chi connectivity index (χ1n) is 8.31. The fourth-order valence-corrected chi connectivity index (χ4v) is 3.15. The lowest BCUT2D eigenvalue weighted by Gasteiger charge is -2.44. The molecule has 1 saturated carbocycles. The van der Waals surface area contributed by atoms with Crippen molar-refractivity contribution in [3.8, 4) is 0 Å². The maximum absolute atomic E-state index is 12.2. The monoisotopic (exact) mass is 329 g/mol. The van der Waals surface area contributed by atoms with E-state index in [-0.39, 0.29) is 18.0 Å². The highest BCUT2D eigenvalue weighted by Gasteiger charge is 2.42. The lowest BCUT2D eigenvalue weighted by atomic mass is 9.62. The van der Waals surface area contributed by atoms with Gasteiger partial charge in [0.15, 0.2) is 0 Å². The highest BCUT2D eigenvalue weighted by molar-refractivity contribution is 5.75. The summed E-state index contributed by atoms with van der Waals surface area (Å²) in [5.74, 6) is -0.780. The van der Waals surface area contributed by atoms with Gasteiger partial charge in [0, 0.05) is 12.6 Å². The molecule has 1 amide bonds. The van der Waals surface area contributed by atoms with E-state index < -0.39 is 23.7 Å². The molecule has 1 rings (SSSR count). The molecule has 23 heavy (non-hydrogen) atoms. The van der Waals surface area contributed by atoms with Crippen LogP contribution in [0.4, 0.5) is 4.79 Å². The standard InChI is InChI=1S/C17H31NO5/c1-12(18-15(21)23-16(2,3)4)13(14(20)22-5)11-17(9-10-19)7-6-8-17/h12-13,19H,6-11H2,1-5H3,(H,18,21)/t12-,13?/m1/s1. The predicted molar refractivity (Wildman–Crippen MR) is 86.9 cm³/mol. The number of esters is 1. The Bertz CT molecular complexity index is 412. The third-order valence-electron chi connectivity index (χ3n) is 4.56. The van der Waals surface area contributed by atoms with Gasteiger partial charge in [0.2, 0.25) is 0 Å². The molecule has 1 fully saturated rings. The van der Waals surface area contributed by atoms with Crippen molar-refractivity contribution in [2.24, 2.45) is 11.3 Å². The van der Waals surface area contributed by atoms with Crippen molar-refractivity contribution in [3.63, 3.8) is 0 Å². The molecule has 6 heteroatoms. The summed E-state index contributed by atoms with van der Waals surface area (Å²) in [7, 11) is 1.36. The third kappa shape index (κ3) is 6.01. The van der Waals surface area contributed by atoms with Crippen molar-refractivity contribution in [3.05, 3.63) is 0 Å². The van der Waals surface area contributed by atoms with Gasteiger partial charge in [0.1, 0.15) is 5.60 Å². The summed E-state index contributed by atoms with van der Waals surface area (Å²) in [5.41, 5.74) is -0.603. The zero-order valence-corrected chi connectivity index (χ0v) is 15.0. The van der Waals surface area contributed by atoms with Crippen molar-refractivity contribution in [2.45, 2.75) is 71.4 Å². The Morgan fingerprint density at radius 2 is 1.91 bits per heavy atom. The molecule has 0 aromatic rings. The van der Waals surface area contributed by atoms with E-state index in [1.165, 1.54) is 7.11 Å². The minimum absolute atomic E-state index is 0.0164. The molecule has 0 saturated heterocycles. The van der Waals surface area contributed by atoms with Crippen molar-refractivity contribution >= 4 is 12.1 Å². The zero-order chi connectivity index (χ0) is 17.7. The van der Waals surface area contributed by atoms with Crippen LogP contribution < -0.4 is 5.32 Å². The number of nitrogens with one attached hydrogen (secondary N) is 1. The number of carbonyl (C=O) groups is 2. The summed E-state index contributed by atoms with van der Waals surface area (Å²) in [6.07, 6.45) is 3.86. The van der Waals surface area contributed by atoms with Gasteiger partial charge in [0.25, 0.3) is 0 Å². The Labute approximate surface area is 138 Å². The molecule has 2 atom stereocenters. The van der Waals surface area contributed by atoms with E-state index in [1.54, 1.807) is 27.7 Å². The topological polar surface area (TPSA) is 84.9 Å². The third-order valence-corrected chi connectivity index (χ3v) is 4.56. The van der Waals surface area contributed by atoms with Gasteiger partial charge in [-0.15, -0.1) is 0 Å². The summed E-state index contributed by atoms with van der Waals surface area (Å²) in [4.78, 5) is 24.1. The molecule has 0 aromatic carbocycles. The van der Waals surface area contributed by atoms with Crippen molar-refractivity contribution in [2.75, 3.05) is 13.7 Å². The van der Waals surface area contributed by atoms with Crippen LogP contribution in [0.3, 0.4) is 0 Å². The van der Waals surface area contributed by atoms with E-state index in [0.717, 1.165) is 19.3 Å². The predicted octanol–water partition coefficient (Wildman–Crippen LogP) is 2.63. The molecule has 0 aliphatic heterocycles. The molecule has 6 nitrogen and oxygen atoms in total. The fourth-order valence-electron chi connectivity index (χ4n) is 3.15. The number of rotatable bonds is 7. The van der Waals surface area contributed by atoms with Gasteiger partial charge in [-0.1, -0.05) is 6.42 Å². The lowest BCUT2D eigenvalue weighted by molar-refractivity contribution is -0.148. The largest absolute Gasteiger partial charge is 0.469 e. The van der Waals surface area contributed by atoms with Gasteiger partial charge >= 0.3 is 12.1 Å². The summed E-state index contributed by atoms with van der Waals surface area (Å²) >= 11 is 0. The average Bonchev–Trinajstić information content (AvgIpc) is 2.38. The summed E-state index contributed by atoms with van der Waals surface area (Å²) < 4.78 is 10.2. The molecular weight excluding hydrogens is 298 g/mol. The smallest absolute Gasteiger partial charge is 0.407 e. The molecule has 1 aliphatic rings. The highest BCUT2D eigenvalue weighted by atomic mass is 16.6. The second-order valence-electron chi connectivity index (χ2n) is 7.60. The number of ether oxygens (including phenoxy) is 2. The molecular formula is C17H31NO5. The Balaban J connectivity index is 2.73. The van der Waals surface area contributed by atoms with E-state index in [9.17, 15) is 14.7 Å². The fraction of sp³-hybridized carbons (Fsp3) is 0.882. The van der Waals surface area contributed by atoms with E-state index in [2.05, 4.69) is 5.32 Å². The Hall–Kier alpha value is -1.30. The van der Waals surface area contributed by atoms with Gasteiger partial charge in [0.05, 0.1) is 13.0 Å². The molecule has 1 unspecified atom stereocenters.